The van der Waals surface area contributed by atoms with Crippen molar-refractivity contribution in [2.24, 2.45) is 0 Å². The third kappa shape index (κ3) is 10.0. The monoisotopic (exact) mass is 633 g/mol. The van der Waals surface area contributed by atoms with Crippen LogP contribution in [0, 0.1) is 0 Å². The fourth-order valence-corrected chi connectivity index (χ4v) is 5.69. The van der Waals surface area contributed by atoms with Crippen LogP contribution in [0.1, 0.15) is 42.9 Å². The number of rotatable bonds is 15. The molecule has 1 atom stereocenters. The second-order valence-electron chi connectivity index (χ2n) is 10.4. The Morgan fingerprint density at radius 3 is 2.27 bits per heavy atom. The molecule has 0 aliphatic carbocycles. The van der Waals surface area contributed by atoms with Gasteiger partial charge in [-0.05, 0) is 54.3 Å². The van der Waals surface area contributed by atoms with Gasteiger partial charge in [-0.3, -0.25) is 13.9 Å². The van der Waals surface area contributed by atoms with E-state index >= 15 is 0 Å². The van der Waals surface area contributed by atoms with Gasteiger partial charge in [0.15, 0.2) is 0 Å². The van der Waals surface area contributed by atoms with Crippen molar-refractivity contribution in [1.82, 2.24) is 10.2 Å². The van der Waals surface area contributed by atoms with E-state index < -0.39 is 33.7 Å². The van der Waals surface area contributed by atoms with Gasteiger partial charge in [-0.15, -0.1) is 0 Å². The van der Waals surface area contributed by atoms with Crippen molar-refractivity contribution in [3.63, 3.8) is 0 Å². The van der Waals surface area contributed by atoms with E-state index in [0.717, 1.165) is 39.9 Å². The fourth-order valence-electron chi connectivity index (χ4n) is 4.73. The van der Waals surface area contributed by atoms with Gasteiger partial charge in [0.2, 0.25) is 21.8 Å². The average molecular weight is 634 g/mol. The summed E-state index contributed by atoms with van der Waals surface area (Å²) in [5.74, 6) is -0.151. The largest absolute Gasteiger partial charge is 0.497 e. The highest BCUT2D eigenvalue weighted by atomic mass is 32.2. The smallest absolute Gasteiger partial charge is 0.416 e. The molecule has 0 saturated carbocycles. The van der Waals surface area contributed by atoms with Crippen LogP contribution in [0.2, 0.25) is 0 Å². The summed E-state index contributed by atoms with van der Waals surface area (Å²) in [6, 6.07) is 19.6. The topological polar surface area (TPSA) is 96.0 Å². The summed E-state index contributed by atoms with van der Waals surface area (Å²) < 4.78 is 71.3. The van der Waals surface area contributed by atoms with E-state index in [-0.39, 0.29) is 43.9 Å². The second-order valence-corrected chi connectivity index (χ2v) is 12.3. The van der Waals surface area contributed by atoms with Crippen molar-refractivity contribution in [3.8, 4) is 5.75 Å². The maximum atomic E-state index is 13.9. The summed E-state index contributed by atoms with van der Waals surface area (Å²) in [6.45, 7) is 2.19. The molecule has 0 aromatic heterocycles. The Kier molecular flexibility index (Phi) is 12.2. The molecule has 238 valence electrons. The normalized spacial score (nSPS) is 12.3. The number of hydrogen-bond acceptors (Lipinski definition) is 5. The Morgan fingerprint density at radius 2 is 1.64 bits per heavy atom. The number of sulfonamides is 1. The summed E-state index contributed by atoms with van der Waals surface area (Å²) in [5.41, 5.74) is 0.441. The molecule has 0 unspecified atom stereocenters. The molecule has 2 amide bonds. The third-order valence-corrected chi connectivity index (χ3v) is 8.12. The minimum Gasteiger partial charge on any atom is -0.497 e. The van der Waals surface area contributed by atoms with Crippen molar-refractivity contribution in [2.75, 3.05) is 30.8 Å². The number of nitrogens with one attached hydrogen (secondary N) is 1. The van der Waals surface area contributed by atoms with Crippen LogP contribution in [0.4, 0.5) is 18.9 Å². The van der Waals surface area contributed by atoms with E-state index in [9.17, 15) is 31.2 Å². The lowest BCUT2D eigenvalue weighted by Crippen LogP contribution is -2.50. The lowest BCUT2D eigenvalue weighted by atomic mass is 10.0. The summed E-state index contributed by atoms with van der Waals surface area (Å²) >= 11 is 0. The molecule has 0 radical (unpaired) electrons. The van der Waals surface area contributed by atoms with Crippen LogP contribution in [0.25, 0.3) is 0 Å². The maximum Gasteiger partial charge on any atom is 0.416 e. The van der Waals surface area contributed by atoms with Crippen molar-refractivity contribution < 1.29 is 35.9 Å². The Morgan fingerprint density at radius 1 is 0.955 bits per heavy atom. The molecular formula is C32H38F3N3O5S. The number of hydrogen-bond donors (Lipinski definition) is 1. The van der Waals surface area contributed by atoms with Gasteiger partial charge in [0.25, 0.3) is 0 Å². The van der Waals surface area contributed by atoms with Gasteiger partial charge in [-0.25, -0.2) is 8.42 Å². The first-order valence-electron chi connectivity index (χ1n) is 14.2. The minimum atomic E-state index is -4.65. The van der Waals surface area contributed by atoms with E-state index in [4.69, 9.17) is 4.74 Å². The van der Waals surface area contributed by atoms with Gasteiger partial charge in [0, 0.05) is 32.5 Å². The van der Waals surface area contributed by atoms with Crippen molar-refractivity contribution in [3.05, 3.63) is 95.6 Å². The molecule has 0 bridgehead atoms. The zero-order valence-electron chi connectivity index (χ0n) is 25.0. The average Bonchev–Trinajstić information content (AvgIpc) is 2.99. The fraction of sp³-hybridized carbons (Fsp3) is 0.375. The number of amides is 2. The standard InChI is InChI=1S/C32H38F3N3O5S/c1-4-18-36-31(40)29(21-24-11-6-5-7-12-24)37(23-25-13-8-16-28(20-25)43-2)30(39)17-10-19-38(44(3,41)42)27-15-9-14-26(22-27)32(33,34)35/h5-9,11-16,20,22,29H,4,10,17-19,21,23H2,1-3H3,(H,36,40)/t29-/m1/s1. The molecule has 0 aliphatic rings. The van der Waals surface area contributed by atoms with Gasteiger partial charge < -0.3 is 15.0 Å². The number of alkyl halides is 3. The van der Waals surface area contributed by atoms with Gasteiger partial charge >= 0.3 is 6.18 Å². The van der Waals surface area contributed by atoms with Crippen LogP contribution < -0.4 is 14.4 Å². The molecule has 0 aliphatic heterocycles. The van der Waals surface area contributed by atoms with E-state index in [1.165, 1.54) is 18.1 Å². The number of carbonyl (C=O) groups excluding carboxylic acids is 2. The molecular weight excluding hydrogens is 595 g/mol. The lowest BCUT2D eigenvalue weighted by Gasteiger charge is -2.32. The van der Waals surface area contributed by atoms with Gasteiger partial charge in [-0.1, -0.05) is 55.5 Å². The number of ether oxygens (including phenoxy) is 1. The Labute approximate surface area is 256 Å². The summed E-state index contributed by atoms with van der Waals surface area (Å²) in [7, 11) is -2.45. The maximum absolute atomic E-state index is 13.9. The Bertz CT molecular complexity index is 1500. The predicted molar refractivity (Wildman–Crippen MR) is 164 cm³/mol. The van der Waals surface area contributed by atoms with Crippen LogP contribution in [0.5, 0.6) is 5.75 Å². The Hall–Kier alpha value is -4.06. The van der Waals surface area contributed by atoms with Crippen molar-refractivity contribution >= 4 is 27.5 Å². The van der Waals surface area contributed by atoms with E-state index in [1.807, 2.05) is 43.3 Å². The Balaban J connectivity index is 1.90. The van der Waals surface area contributed by atoms with Gasteiger partial charge in [0.05, 0.1) is 24.6 Å². The SMILES string of the molecule is CCCNC(=O)[C@@H](Cc1ccccc1)N(Cc1cccc(OC)c1)C(=O)CCCN(c1cccc(C(F)(F)F)c1)S(C)(=O)=O. The zero-order valence-corrected chi connectivity index (χ0v) is 25.8. The minimum absolute atomic E-state index is 0.00535. The third-order valence-electron chi connectivity index (χ3n) is 6.92. The first-order valence-corrected chi connectivity index (χ1v) is 16.1. The highest BCUT2D eigenvalue weighted by Crippen LogP contribution is 2.32. The molecule has 1 N–H and O–H groups in total. The lowest BCUT2D eigenvalue weighted by molar-refractivity contribution is -0.141. The predicted octanol–water partition coefficient (Wildman–Crippen LogP) is 5.43. The molecule has 3 rings (SSSR count). The molecule has 0 heterocycles. The van der Waals surface area contributed by atoms with Gasteiger partial charge in [-0.2, -0.15) is 13.2 Å². The molecule has 44 heavy (non-hydrogen) atoms. The number of methoxy groups -OCH3 is 1. The quantitative estimate of drug-likeness (QED) is 0.241. The van der Waals surface area contributed by atoms with Crippen LogP contribution in [-0.4, -0.2) is 57.6 Å². The van der Waals surface area contributed by atoms with E-state index in [1.54, 1.807) is 18.2 Å². The summed E-state index contributed by atoms with van der Waals surface area (Å²) in [4.78, 5) is 28.8. The molecule has 8 nitrogen and oxygen atoms in total. The molecule has 0 saturated heterocycles. The number of carbonyl (C=O) groups is 2. The molecule has 3 aromatic rings. The van der Waals surface area contributed by atoms with Crippen LogP contribution in [0.15, 0.2) is 78.9 Å². The van der Waals surface area contributed by atoms with E-state index in [0.29, 0.717) is 18.7 Å². The number of halogens is 3. The van der Waals surface area contributed by atoms with Crippen LogP contribution in [0.3, 0.4) is 0 Å². The number of anilines is 1. The first kappa shape index (κ1) is 34.4. The molecule has 0 fully saturated rings. The highest BCUT2D eigenvalue weighted by Gasteiger charge is 2.32. The molecule has 3 aromatic carbocycles. The number of nitrogens with zero attached hydrogens (tertiary/aromatic N) is 2. The molecule has 0 spiro atoms. The highest BCUT2D eigenvalue weighted by molar-refractivity contribution is 7.92. The van der Waals surface area contributed by atoms with E-state index in [2.05, 4.69) is 5.32 Å². The zero-order chi connectivity index (χ0) is 32.3. The van der Waals surface area contributed by atoms with Crippen molar-refractivity contribution in [2.45, 2.75) is 51.4 Å². The van der Waals surface area contributed by atoms with Crippen LogP contribution >= 0.6 is 0 Å². The molecule has 12 heteroatoms. The van der Waals surface area contributed by atoms with Crippen molar-refractivity contribution in [1.29, 1.82) is 0 Å². The first-order chi connectivity index (χ1) is 20.8. The summed E-state index contributed by atoms with van der Waals surface area (Å²) in [6.07, 6.45) is -2.96. The van der Waals surface area contributed by atoms with Gasteiger partial charge in [0.1, 0.15) is 11.8 Å². The second kappa shape index (κ2) is 15.6. The van der Waals surface area contributed by atoms with Crippen LogP contribution in [-0.2, 0) is 38.8 Å². The summed E-state index contributed by atoms with van der Waals surface area (Å²) in [5, 5.41) is 2.89. The number of benzene rings is 3.